The molecule has 2 rings (SSSR count). The Kier molecular flexibility index (Phi) is 2.37. The second-order valence-corrected chi connectivity index (χ2v) is 8.29. The third-order valence-electron chi connectivity index (χ3n) is 1.86. The van der Waals surface area contributed by atoms with Crippen LogP contribution < -0.4 is 0 Å². The quantitative estimate of drug-likeness (QED) is 0.688. The minimum Gasteiger partial charge on any atom is -1.00 e. The Morgan fingerprint density at radius 2 is 1.55 bits per heavy atom. The summed E-state index contributed by atoms with van der Waals surface area (Å²) in [5, 5.41) is 0. The van der Waals surface area contributed by atoms with E-state index in [9.17, 15) is 0 Å². The van der Waals surface area contributed by atoms with Gasteiger partial charge in [0, 0.05) is 0 Å². The van der Waals surface area contributed by atoms with Crippen LogP contribution in [0, 0.1) is 0 Å². The molecular formula is C10H12Hf. The summed E-state index contributed by atoms with van der Waals surface area (Å²) in [6.45, 7) is 0. The molecule has 0 unspecified atom stereocenters. The predicted molar refractivity (Wildman–Crippen MR) is 45.9 cm³/mol. The van der Waals surface area contributed by atoms with Crippen LogP contribution in [0.2, 0.25) is 0 Å². The van der Waals surface area contributed by atoms with Crippen LogP contribution in [0.4, 0.5) is 0 Å². The van der Waals surface area contributed by atoms with Crippen LogP contribution in [0.15, 0.2) is 43.1 Å². The van der Waals surface area contributed by atoms with E-state index in [1.165, 1.54) is 12.8 Å². The van der Waals surface area contributed by atoms with Crippen LogP contribution in [0.5, 0.6) is 0 Å². The maximum absolute atomic E-state index is 2.32. The van der Waals surface area contributed by atoms with E-state index in [1.54, 1.807) is 6.66 Å². The molecule has 0 heterocycles. The summed E-state index contributed by atoms with van der Waals surface area (Å²) in [5.41, 5.74) is 0. The zero-order valence-electron chi connectivity index (χ0n) is 8.38. The van der Waals surface area contributed by atoms with Crippen molar-refractivity contribution in [3.8, 4) is 0 Å². The molecule has 0 nitrogen and oxygen atoms in total. The van der Waals surface area contributed by atoms with E-state index in [0.29, 0.717) is 0 Å². The smallest absolute Gasteiger partial charge is 1.00 e. The molecule has 0 radical (unpaired) electrons. The number of rotatable bonds is 2. The van der Waals surface area contributed by atoms with Crippen LogP contribution in [0.25, 0.3) is 0 Å². The first kappa shape index (κ1) is 7.48. The van der Waals surface area contributed by atoms with Gasteiger partial charge in [0.2, 0.25) is 0 Å². The molecule has 11 heavy (non-hydrogen) atoms. The summed E-state index contributed by atoms with van der Waals surface area (Å²) in [5.74, 6) is 0. The van der Waals surface area contributed by atoms with Gasteiger partial charge in [-0.25, -0.2) is 0 Å². The van der Waals surface area contributed by atoms with Crippen LogP contribution in [0.1, 0.15) is 15.7 Å². The number of hydrogen-bond acceptors (Lipinski definition) is 0. The zero-order chi connectivity index (χ0) is 7.52. The standard InChI is InChI=1S/2C5H5.Hf.2H/c2*1-2-4-5-3-1;;;/h2*1-3H,4H2;;;/q;;+2;2*-1. The fourth-order valence-corrected chi connectivity index (χ4v) is 5.64. The van der Waals surface area contributed by atoms with Crippen molar-refractivity contribution >= 4 is 0 Å². The Hall–Kier alpha value is -0.170. The maximum atomic E-state index is 2.32. The van der Waals surface area contributed by atoms with Gasteiger partial charge in [-0.05, 0) is 0 Å². The maximum Gasteiger partial charge on any atom is -1.00 e. The fraction of sp³-hybridized carbons (Fsp3) is 0.200. The minimum atomic E-state index is -0.526. The molecule has 0 aromatic rings. The van der Waals surface area contributed by atoms with Crippen molar-refractivity contribution in [2.45, 2.75) is 12.8 Å². The van der Waals surface area contributed by atoms with Crippen LogP contribution in [-0.2, 0) is 22.9 Å². The first-order chi connectivity index (χ1) is 5.45. The average Bonchev–Trinajstić information content (AvgIpc) is 2.60. The van der Waals surface area contributed by atoms with Gasteiger partial charge in [-0.2, -0.15) is 0 Å². The second-order valence-electron chi connectivity index (χ2n) is 2.77. The SMILES string of the molecule is C1=CC[C]([Hf+2][C]2=CC=CC2)=C1.[H-].[H-]. The Morgan fingerprint density at radius 1 is 1.00 bits per heavy atom. The Balaban J connectivity index is 0.000000720. The molecule has 0 bridgehead atoms. The van der Waals surface area contributed by atoms with Crippen molar-refractivity contribution in [2.75, 3.05) is 0 Å². The number of hydrogen-bond donors (Lipinski definition) is 0. The van der Waals surface area contributed by atoms with Crippen molar-refractivity contribution < 1.29 is 25.8 Å². The molecule has 0 spiro atoms. The van der Waals surface area contributed by atoms with Gasteiger partial charge in [0.05, 0.1) is 0 Å². The van der Waals surface area contributed by atoms with Gasteiger partial charge in [-0.1, -0.05) is 0 Å². The summed E-state index contributed by atoms with van der Waals surface area (Å²) >= 11 is -0.526. The summed E-state index contributed by atoms with van der Waals surface area (Å²) in [6.07, 6.45) is 16.1. The molecule has 0 N–H and O–H groups in total. The van der Waals surface area contributed by atoms with E-state index in [2.05, 4.69) is 36.5 Å². The van der Waals surface area contributed by atoms with Gasteiger partial charge in [0.15, 0.2) is 0 Å². The molecule has 1 heteroatoms. The van der Waals surface area contributed by atoms with Crippen molar-refractivity contribution in [3.63, 3.8) is 0 Å². The van der Waals surface area contributed by atoms with Crippen molar-refractivity contribution in [1.82, 2.24) is 0 Å². The molecule has 56 valence electrons. The molecular weight excluding hydrogens is 299 g/mol. The van der Waals surface area contributed by atoms with Gasteiger partial charge in [-0.3, -0.25) is 0 Å². The van der Waals surface area contributed by atoms with Crippen molar-refractivity contribution in [1.29, 1.82) is 0 Å². The van der Waals surface area contributed by atoms with Gasteiger partial charge in [0.25, 0.3) is 0 Å². The van der Waals surface area contributed by atoms with E-state index in [4.69, 9.17) is 0 Å². The van der Waals surface area contributed by atoms with E-state index in [-0.39, 0.29) is 2.85 Å². The molecule has 0 aromatic carbocycles. The second kappa shape index (κ2) is 3.49. The van der Waals surface area contributed by atoms with Gasteiger partial charge in [-0.15, -0.1) is 0 Å². The zero-order valence-corrected chi connectivity index (χ0v) is 9.97. The summed E-state index contributed by atoms with van der Waals surface area (Å²) in [6, 6.07) is 0. The Labute approximate surface area is 81.7 Å². The van der Waals surface area contributed by atoms with Gasteiger partial charge < -0.3 is 2.85 Å². The molecule has 0 amide bonds. The summed E-state index contributed by atoms with van der Waals surface area (Å²) < 4.78 is 3.50. The molecule has 0 saturated heterocycles. The van der Waals surface area contributed by atoms with Crippen LogP contribution in [0.3, 0.4) is 0 Å². The molecule has 0 fully saturated rings. The molecule has 0 saturated carbocycles. The molecule has 2 aliphatic carbocycles. The fourth-order valence-electron chi connectivity index (χ4n) is 1.29. The third-order valence-corrected chi connectivity index (χ3v) is 6.84. The normalized spacial score (nSPS) is 20.0. The van der Waals surface area contributed by atoms with E-state index in [1.807, 2.05) is 0 Å². The van der Waals surface area contributed by atoms with E-state index >= 15 is 0 Å². The Bertz CT molecular complexity index is 247. The van der Waals surface area contributed by atoms with Gasteiger partial charge >= 0.3 is 78.9 Å². The van der Waals surface area contributed by atoms with Crippen LogP contribution >= 0.6 is 0 Å². The van der Waals surface area contributed by atoms with E-state index in [0.717, 1.165) is 0 Å². The van der Waals surface area contributed by atoms with Gasteiger partial charge in [0.1, 0.15) is 0 Å². The molecule has 0 aliphatic heterocycles. The summed E-state index contributed by atoms with van der Waals surface area (Å²) in [7, 11) is 0. The van der Waals surface area contributed by atoms with Crippen LogP contribution in [-0.4, -0.2) is 0 Å². The first-order valence-corrected chi connectivity index (χ1v) is 7.53. The largest absolute Gasteiger partial charge is 1.00 e. The average molecular weight is 311 g/mol. The molecule has 0 aromatic heterocycles. The first-order valence-electron chi connectivity index (χ1n) is 3.93. The Morgan fingerprint density at radius 3 is 1.91 bits per heavy atom. The third kappa shape index (κ3) is 1.90. The summed E-state index contributed by atoms with van der Waals surface area (Å²) in [4.78, 5) is 0. The minimum absolute atomic E-state index is 0. The van der Waals surface area contributed by atoms with Crippen molar-refractivity contribution in [2.24, 2.45) is 0 Å². The monoisotopic (exact) mass is 312 g/mol. The molecule has 2 aliphatic rings. The van der Waals surface area contributed by atoms with Crippen molar-refractivity contribution in [3.05, 3.63) is 43.1 Å². The molecule has 0 atom stereocenters. The number of allylic oxidation sites excluding steroid dienone is 8. The predicted octanol–water partition coefficient (Wildman–Crippen LogP) is 2.98. The topological polar surface area (TPSA) is 0 Å². The van der Waals surface area contributed by atoms with E-state index < -0.39 is 22.9 Å².